The van der Waals surface area contributed by atoms with E-state index in [0.717, 1.165) is 9.54 Å². The fourth-order valence-electron chi connectivity index (χ4n) is 2.15. The summed E-state index contributed by atoms with van der Waals surface area (Å²) >= 11 is 0. The minimum atomic E-state index is -3.86. The Morgan fingerprint density at radius 3 is 2.46 bits per heavy atom. The van der Waals surface area contributed by atoms with Crippen molar-refractivity contribution in [2.24, 2.45) is 0 Å². The highest BCUT2D eigenvalue weighted by atomic mass is 32.2. The number of rotatable bonds is 5. The average Bonchev–Trinajstić information content (AvgIpc) is 3.06. The van der Waals surface area contributed by atoms with Gasteiger partial charge in [-0.25, -0.2) is 13.9 Å². The predicted molar refractivity (Wildman–Crippen MR) is 91.1 cm³/mol. The van der Waals surface area contributed by atoms with Crippen LogP contribution in [0.2, 0.25) is 0 Å². The van der Waals surface area contributed by atoms with E-state index in [-0.39, 0.29) is 0 Å². The molecule has 0 saturated heterocycles. The molecule has 0 aliphatic carbocycles. The minimum Gasteiger partial charge on any atom is -0.481 e. The Balaban J connectivity index is 1.93. The summed E-state index contributed by atoms with van der Waals surface area (Å²) in [6.45, 7) is 1.96. The lowest BCUT2D eigenvalue weighted by molar-refractivity contribution is 0.398. The highest BCUT2D eigenvalue weighted by molar-refractivity contribution is 7.91. The van der Waals surface area contributed by atoms with Crippen LogP contribution < -0.4 is 9.46 Å². The Hall–Kier alpha value is -2.87. The summed E-state index contributed by atoms with van der Waals surface area (Å²) in [6.07, 6.45) is 4.23. The zero-order valence-corrected chi connectivity index (χ0v) is 14.0. The number of nitrogens with zero attached hydrogens (tertiary/aromatic N) is 3. The van der Waals surface area contributed by atoms with Gasteiger partial charge in [0.15, 0.2) is 5.82 Å². The number of ether oxygens (including phenoxy) is 1. The van der Waals surface area contributed by atoms with Gasteiger partial charge in [-0.2, -0.15) is 8.42 Å². The number of aryl methyl sites for hydroxylation is 1. The number of hydrogen-bond acceptors (Lipinski definition) is 5. The van der Waals surface area contributed by atoms with Crippen molar-refractivity contribution in [3.8, 4) is 17.3 Å². The van der Waals surface area contributed by atoms with Crippen LogP contribution in [0.5, 0.6) is 5.88 Å². The van der Waals surface area contributed by atoms with Crippen LogP contribution in [0.4, 0.5) is 5.69 Å². The number of benzene rings is 1. The van der Waals surface area contributed by atoms with Gasteiger partial charge in [0.1, 0.15) is 0 Å². The number of imidazole rings is 1. The van der Waals surface area contributed by atoms with Gasteiger partial charge < -0.3 is 4.74 Å². The second kappa shape index (κ2) is 6.32. The molecule has 124 valence electrons. The summed E-state index contributed by atoms with van der Waals surface area (Å²) < 4.78 is 33.8. The van der Waals surface area contributed by atoms with E-state index in [0.29, 0.717) is 23.0 Å². The molecule has 2 heterocycles. The first-order valence-corrected chi connectivity index (χ1v) is 8.57. The van der Waals surface area contributed by atoms with Gasteiger partial charge in [0.25, 0.3) is 0 Å². The van der Waals surface area contributed by atoms with Crippen LogP contribution in [-0.2, 0) is 10.2 Å². The zero-order valence-electron chi connectivity index (χ0n) is 13.2. The Morgan fingerprint density at radius 1 is 1.08 bits per heavy atom. The Morgan fingerprint density at radius 2 is 1.83 bits per heavy atom. The monoisotopic (exact) mass is 344 g/mol. The van der Waals surface area contributed by atoms with E-state index in [1.807, 2.05) is 31.2 Å². The van der Waals surface area contributed by atoms with Gasteiger partial charge in [-0.15, -0.1) is 0 Å². The Bertz CT molecular complexity index is 932. The van der Waals surface area contributed by atoms with Crippen LogP contribution >= 0.6 is 0 Å². The normalized spacial score (nSPS) is 11.2. The lowest BCUT2D eigenvalue weighted by Gasteiger charge is -2.11. The Labute approximate surface area is 140 Å². The maximum atomic E-state index is 12.6. The SMILES string of the molecule is COc1ccc(NS(=O)(=O)n2ccnc2-c2ccc(C)cc2)cn1. The molecule has 0 aliphatic rings. The van der Waals surface area contributed by atoms with Crippen molar-refractivity contribution >= 4 is 15.9 Å². The highest BCUT2D eigenvalue weighted by Crippen LogP contribution is 2.21. The van der Waals surface area contributed by atoms with Crippen molar-refractivity contribution in [3.63, 3.8) is 0 Å². The van der Waals surface area contributed by atoms with E-state index >= 15 is 0 Å². The first-order chi connectivity index (χ1) is 11.5. The lowest BCUT2D eigenvalue weighted by atomic mass is 10.1. The molecule has 0 unspecified atom stereocenters. The largest absolute Gasteiger partial charge is 0.481 e. The van der Waals surface area contributed by atoms with E-state index < -0.39 is 10.2 Å². The zero-order chi connectivity index (χ0) is 17.2. The molecular formula is C16H16N4O3S. The predicted octanol–water partition coefficient (Wildman–Crippen LogP) is 2.47. The molecule has 0 spiro atoms. The second-order valence-electron chi connectivity index (χ2n) is 5.11. The molecule has 1 N–H and O–H groups in total. The molecule has 3 rings (SSSR count). The third kappa shape index (κ3) is 3.23. The number of aromatic nitrogens is 3. The van der Waals surface area contributed by atoms with E-state index in [4.69, 9.17) is 4.74 Å². The quantitative estimate of drug-likeness (QED) is 0.768. The van der Waals surface area contributed by atoms with Crippen molar-refractivity contribution in [3.05, 3.63) is 60.6 Å². The van der Waals surface area contributed by atoms with Crippen LogP contribution in [0.3, 0.4) is 0 Å². The second-order valence-corrected chi connectivity index (χ2v) is 6.66. The molecule has 0 aliphatic heterocycles. The van der Waals surface area contributed by atoms with E-state index in [9.17, 15) is 8.42 Å². The first-order valence-electron chi connectivity index (χ1n) is 7.13. The minimum absolute atomic E-state index is 0.333. The van der Waals surface area contributed by atoms with Crippen molar-refractivity contribution in [1.82, 2.24) is 13.9 Å². The summed E-state index contributed by atoms with van der Waals surface area (Å²) in [5.41, 5.74) is 2.13. The topological polar surface area (TPSA) is 86.1 Å². The van der Waals surface area contributed by atoms with Gasteiger partial charge in [-0.1, -0.05) is 29.8 Å². The van der Waals surface area contributed by atoms with Gasteiger partial charge in [-0.05, 0) is 13.0 Å². The van der Waals surface area contributed by atoms with Crippen LogP contribution in [0.25, 0.3) is 11.4 Å². The standard InChI is InChI=1S/C16H16N4O3S/c1-12-3-5-13(6-4-12)16-17-9-10-20(16)24(21,22)19-14-7-8-15(23-2)18-11-14/h3-11,19H,1-2H3. The van der Waals surface area contributed by atoms with Crippen LogP contribution in [0.1, 0.15) is 5.56 Å². The average molecular weight is 344 g/mol. The molecule has 2 aromatic heterocycles. The number of hydrogen-bond donors (Lipinski definition) is 1. The van der Waals surface area contributed by atoms with E-state index in [1.165, 1.54) is 25.7 Å². The molecule has 0 amide bonds. The molecule has 1 aromatic carbocycles. The van der Waals surface area contributed by atoms with Crippen LogP contribution in [0, 0.1) is 6.92 Å². The molecule has 0 radical (unpaired) electrons. The van der Waals surface area contributed by atoms with Gasteiger partial charge in [-0.3, -0.25) is 4.72 Å². The smallest absolute Gasteiger partial charge is 0.329 e. The van der Waals surface area contributed by atoms with Gasteiger partial charge >= 0.3 is 10.2 Å². The summed E-state index contributed by atoms with van der Waals surface area (Å²) in [5, 5.41) is 0. The number of pyridine rings is 1. The third-order valence-corrected chi connectivity index (χ3v) is 4.67. The summed E-state index contributed by atoms with van der Waals surface area (Å²) in [5.74, 6) is 0.741. The van der Waals surface area contributed by atoms with Crippen LogP contribution in [-0.4, -0.2) is 29.5 Å². The molecule has 0 bridgehead atoms. The maximum Gasteiger partial charge on any atom is 0.329 e. The van der Waals surface area contributed by atoms with Gasteiger partial charge in [0.05, 0.1) is 19.0 Å². The molecule has 0 fully saturated rings. The molecule has 3 aromatic rings. The third-order valence-electron chi connectivity index (χ3n) is 3.37. The molecule has 8 heteroatoms. The maximum absolute atomic E-state index is 12.6. The number of nitrogens with one attached hydrogen (secondary N) is 1. The van der Waals surface area contributed by atoms with Crippen molar-refractivity contribution in [1.29, 1.82) is 0 Å². The van der Waals surface area contributed by atoms with Gasteiger partial charge in [0.2, 0.25) is 5.88 Å². The first kappa shape index (κ1) is 16.0. The fourth-order valence-corrected chi connectivity index (χ4v) is 3.26. The summed E-state index contributed by atoms with van der Waals surface area (Å²) in [7, 11) is -2.36. The van der Waals surface area contributed by atoms with Crippen molar-refractivity contribution in [2.45, 2.75) is 6.92 Å². The Kier molecular flexibility index (Phi) is 4.22. The highest BCUT2D eigenvalue weighted by Gasteiger charge is 2.18. The number of anilines is 1. The summed E-state index contributed by atoms with van der Waals surface area (Å²) in [4.78, 5) is 8.14. The molecule has 0 atom stereocenters. The van der Waals surface area contributed by atoms with Gasteiger partial charge in [0, 0.05) is 24.0 Å². The van der Waals surface area contributed by atoms with Crippen LogP contribution in [0.15, 0.2) is 55.0 Å². The summed E-state index contributed by atoms with van der Waals surface area (Å²) in [6, 6.07) is 10.6. The molecule has 7 nitrogen and oxygen atoms in total. The number of methoxy groups -OCH3 is 1. The van der Waals surface area contributed by atoms with Crippen molar-refractivity contribution in [2.75, 3.05) is 11.8 Å². The van der Waals surface area contributed by atoms with E-state index in [2.05, 4.69) is 14.7 Å². The molecule has 24 heavy (non-hydrogen) atoms. The van der Waals surface area contributed by atoms with Crippen molar-refractivity contribution < 1.29 is 13.2 Å². The molecular weight excluding hydrogens is 328 g/mol. The molecule has 0 saturated carbocycles. The fraction of sp³-hybridized carbons (Fsp3) is 0.125. The van der Waals surface area contributed by atoms with E-state index in [1.54, 1.807) is 12.1 Å². The lowest BCUT2D eigenvalue weighted by Crippen LogP contribution is -2.21.